The van der Waals surface area contributed by atoms with E-state index in [9.17, 15) is 0 Å². The van der Waals surface area contributed by atoms with E-state index in [0.29, 0.717) is 5.92 Å². The first-order valence-corrected chi connectivity index (χ1v) is 9.38. The van der Waals surface area contributed by atoms with E-state index >= 15 is 0 Å². The van der Waals surface area contributed by atoms with Gasteiger partial charge in [-0.3, -0.25) is 9.89 Å². The molecule has 0 spiro atoms. The number of guanidine groups is 1. The average Bonchev–Trinajstić information content (AvgIpc) is 3.45. The lowest BCUT2D eigenvalue weighted by molar-refractivity contribution is 0.144. The predicted molar refractivity (Wildman–Crippen MR) is 121 cm³/mol. The van der Waals surface area contributed by atoms with E-state index in [-0.39, 0.29) is 24.0 Å². The van der Waals surface area contributed by atoms with E-state index in [1.165, 1.54) is 24.0 Å². The summed E-state index contributed by atoms with van der Waals surface area (Å²) >= 11 is 0. The molecule has 0 aliphatic heterocycles. The van der Waals surface area contributed by atoms with Crippen molar-refractivity contribution in [3.8, 4) is 0 Å². The number of benzene rings is 1. The number of nitrogens with zero attached hydrogens (tertiary/aromatic N) is 2. The fourth-order valence-electron chi connectivity index (χ4n) is 3.01. The Morgan fingerprint density at radius 2 is 2.08 bits per heavy atom. The molecule has 0 amide bonds. The number of nitrogens with one attached hydrogen (secondary N) is 2. The van der Waals surface area contributed by atoms with Gasteiger partial charge in [0.25, 0.3) is 0 Å². The number of hydrogen-bond donors (Lipinski definition) is 2. The maximum Gasteiger partial charge on any atom is 0.191 e. The Kier molecular flexibility index (Phi) is 11.2. The largest absolute Gasteiger partial charge is 0.383 e. The molecular formula is C20H35IN4O. The standard InChI is InChI=1S/C20H34N4O.HI/c1-16-6-5-7-18(14-16)17(2)15-23-20(21-3)22-10-11-24(12-13-25-4)19-8-9-19;/h5-7,14,17,19H,8-13,15H2,1-4H3,(H2,21,22,23);1H. The summed E-state index contributed by atoms with van der Waals surface area (Å²) in [6.07, 6.45) is 2.65. The second-order valence-electron chi connectivity index (χ2n) is 6.96. The lowest BCUT2D eigenvalue weighted by atomic mass is 9.99. The molecule has 2 rings (SSSR count). The average molecular weight is 474 g/mol. The van der Waals surface area contributed by atoms with E-state index < -0.39 is 0 Å². The molecule has 0 bridgehead atoms. The van der Waals surface area contributed by atoms with E-state index in [0.717, 1.165) is 44.8 Å². The summed E-state index contributed by atoms with van der Waals surface area (Å²) in [4.78, 5) is 6.85. The van der Waals surface area contributed by atoms with Crippen LogP contribution in [-0.2, 0) is 4.74 Å². The third kappa shape index (κ3) is 8.22. The first-order chi connectivity index (χ1) is 12.1. The van der Waals surface area contributed by atoms with Gasteiger partial charge >= 0.3 is 0 Å². The van der Waals surface area contributed by atoms with Crippen molar-refractivity contribution in [2.45, 2.75) is 38.6 Å². The summed E-state index contributed by atoms with van der Waals surface area (Å²) in [6, 6.07) is 9.47. The number of hydrogen-bond acceptors (Lipinski definition) is 3. The van der Waals surface area contributed by atoms with Gasteiger partial charge in [-0.05, 0) is 31.2 Å². The third-order valence-corrected chi connectivity index (χ3v) is 4.75. The van der Waals surface area contributed by atoms with Crippen LogP contribution in [0.5, 0.6) is 0 Å². The summed E-state index contributed by atoms with van der Waals surface area (Å²) in [5.74, 6) is 1.32. The molecule has 1 saturated carbocycles. The van der Waals surface area contributed by atoms with Crippen LogP contribution in [0.25, 0.3) is 0 Å². The molecule has 6 heteroatoms. The maximum absolute atomic E-state index is 5.22. The van der Waals surface area contributed by atoms with Gasteiger partial charge in [0, 0.05) is 46.4 Å². The summed E-state index contributed by atoms with van der Waals surface area (Å²) in [5.41, 5.74) is 2.67. The molecule has 148 valence electrons. The molecule has 2 N–H and O–H groups in total. The summed E-state index contributed by atoms with van der Waals surface area (Å²) in [5, 5.41) is 6.88. The SMILES string of the molecule is CN=C(NCCN(CCOC)C1CC1)NCC(C)c1cccc(C)c1.I. The predicted octanol–water partition coefficient (Wildman–Crippen LogP) is 2.99. The molecule has 0 heterocycles. The highest BCUT2D eigenvalue weighted by Gasteiger charge is 2.28. The minimum absolute atomic E-state index is 0. The normalized spacial score (nSPS) is 15.5. The van der Waals surface area contributed by atoms with Crippen LogP contribution in [0.15, 0.2) is 29.3 Å². The Bertz CT molecular complexity index is 548. The fraction of sp³-hybridized carbons (Fsp3) is 0.650. The molecule has 1 aromatic carbocycles. The molecule has 0 saturated heterocycles. The second kappa shape index (κ2) is 12.5. The van der Waals surface area contributed by atoms with Gasteiger partial charge in [0.2, 0.25) is 0 Å². The van der Waals surface area contributed by atoms with Crippen molar-refractivity contribution in [3.05, 3.63) is 35.4 Å². The minimum atomic E-state index is 0. The molecule has 26 heavy (non-hydrogen) atoms. The van der Waals surface area contributed by atoms with Crippen LogP contribution in [0.1, 0.15) is 36.8 Å². The molecule has 1 aromatic rings. The lowest BCUT2D eigenvalue weighted by Gasteiger charge is -2.22. The van der Waals surface area contributed by atoms with Gasteiger partial charge in [0.1, 0.15) is 0 Å². The first kappa shape index (κ1) is 23.2. The summed E-state index contributed by atoms with van der Waals surface area (Å²) in [7, 11) is 3.60. The van der Waals surface area contributed by atoms with Crippen LogP contribution in [0, 0.1) is 6.92 Å². The first-order valence-electron chi connectivity index (χ1n) is 9.38. The monoisotopic (exact) mass is 474 g/mol. The third-order valence-electron chi connectivity index (χ3n) is 4.75. The van der Waals surface area contributed by atoms with Crippen molar-refractivity contribution >= 4 is 29.9 Å². The van der Waals surface area contributed by atoms with Crippen molar-refractivity contribution < 1.29 is 4.74 Å². The van der Waals surface area contributed by atoms with Crippen LogP contribution in [0.2, 0.25) is 0 Å². The highest BCUT2D eigenvalue weighted by molar-refractivity contribution is 14.0. The Morgan fingerprint density at radius 3 is 2.69 bits per heavy atom. The topological polar surface area (TPSA) is 48.9 Å². The van der Waals surface area contributed by atoms with Crippen LogP contribution in [-0.4, -0.2) is 63.8 Å². The summed E-state index contributed by atoms with van der Waals surface area (Å²) < 4.78 is 5.22. The second-order valence-corrected chi connectivity index (χ2v) is 6.96. The zero-order chi connectivity index (χ0) is 18.1. The smallest absolute Gasteiger partial charge is 0.191 e. The van der Waals surface area contributed by atoms with Gasteiger partial charge in [0.15, 0.2) is 5.96 Å². The Balaban J connectivity index is 0.00000338. The van der Waals surface area contributed by atoms with Gasteiger partial charge in [-0.2, -0.15) is 0 Å². The zero-order valence-electron chi connectivity index (χ0n) is 16.6. The van der Waals surface area contributed by atoms with Crippen LogP contribution in [0.4, 0.5) is 0 Å². The molecule has 0 aromatic heterocycles. The quantitative estimate of drug-likeness (QED) is 0.311. The number of ether oxygens (including phenoxy) is 1. The van der Waals surface area contributed by atoms with Crippen LogP contribution in [0.3, 0.4) is 0 Å². The molecule has 1 aliphatic rings. The number of halogens is 1. The van der Waals surface area contributed by atoms with Crippen LogP contribution < -0.4 is 10.6 Å². The van der Waals surface area contributed by atoms with Crippen molar-refractivity contribution in [2.75, 3.05) is 46.9 Å². The van der Waals surface area contributed by atoms with Crippen molar-refractivity contribution in [1.29, 1.82) is 0 Å². The Labute approximate surface area is 176 Å². The number of rotatable bonds is 10. The number of methoxy groups -OCH3 is 1. The Hall–Kier alpha value is -0.860. The van der Waals surface area contributed by atoms with Gasteiger partial charge < -0.3 is 15.4 Å². The minimum Gasteiger partial charge on any atom is -0.383 e. The van der Waals surface area contributed by atoms with Crippen LogP contribution >= 0.6 is 24.0 Å². The van der Waals surface area contributed by atoms with Crippen molar-refractivity contribution in [3.63, 3.8) is 0 Å². The molecule has 1 unspecified atom stereocenters. The molecule has 0 radical (unpaired) electrons. The van der Waals surface area contributed by atoms with E-state index in [4.69, 9.17) is 4.74 Å². The highest BCUT2D eigenvalue weighted by Crippen LogP contribution is 2.25. The summed E-state index contributed by atoms with van der Waals surface area (Å²) in [6.45, 7) is 9.00. The number of aryl methyl sites for hydroxylation is 1. The van der Waals surface area contributed by atoms with Crippen molar-refractivity contribution in [1.82, 2.24) is 15.5 Å². The van der Waals surface area contributed by atoms with E-state index in [2.05, 4.69) is 58.6 Å². The zero-order valence-corrected chi connectivity index (χ0v) is 19.0. The number of aliphatic imine (C=N–C) groups is 1. The van der Waals surface area contributed by atoms with Crippen molar-refractivity contribution in [2.24, 2.45) is 4.99 Å². The molecule has 5 nitrogen and oxygen atoms in total. The Morgan fingerprint density at radius 1 is 1.31 bits per heavy atom. The van der Waals surface area contributed by atoms with Gasteiger partial charge in [0.05, 0.1) is 6.61 Å². The molecule has 1 atom stereocenters. The van der Waals surface area contributed by atoms with Gasteiger partial charge in [-0.25, -0.2) is 0 Å². The molecular weight excluding hydrogens is 439 g/mol. The van der Waals surface area contributed by atoms with Gasteiger partial charge in [-0.1, -0.05) is 36.8 Å². The van der Waals surface area contributed by atoms with Gasteiger partial charge in [-0.15, -0.1) is 24.0 Å². The molecule has 1 fully saturated rings. The van der Waals surface area contributed by atoms with E-state index in [1.807, 2.05) is 7.05 Å². The van der Waals surface area contributed by atoms with E-state index in [1.54, 1.807) is 7.11 Å². The fourth-order valence-corrected chi connectivity index (χ4v) is 3.01. The lowest BCUT2D eigenvalue weighted by Crippen LogP contribution is -2.43. The maximum atomic E-state index is 5.22. The highest BCUT2D eigenvalue weighted by atomic mass is 127. The molecule has 1 aliphatic carbocycles.